The van der Waals surface area contributed by atoms with Crippen LogP contribution < -0.4 is 11.3 Å². The van der Waals surface area contributed by atoms with Crippen molar-refractivity contribution in [2.75, 3.05) is 0 Å². The van der Waals surface area contributed by atoms with E-state index < -0.39 is 0 Å². The number of aryl methyl sites for hydroxylation is 3. The zero-order valence-corrected chi connectivity index (χ0v) is 12.9. The average Bonchev–Trinajstić information content (AvgIpc) is 2.43. The van der Waals surface area contributed by atoms with E-state index in [-0.39, 0.29) is 11.9 Å². The molecule has 0 saturated heterocycles. The maximum absolute atomic E-state index is 13.0. The molecule has 0 aromatic heterocycles. The van der Waals surface area contributed by atoms with Crippen LogP contribution in [0.1, 0.15) is 27.8 Å². The Hall–Kier alpha value is -1.71. The van der Waals surface area contributed by atoms with Crippen LogP contribution in [0.15, 0.2) is 36.4 Å². The molecule has 0 aliphatic carbocycles. The van der Waals surface area contributed by atoms with Gasteiger partial charge >= 0.3 is 0 Å². The van der Waals surface area contributed by atoms with Gasteiger partial charge in [0.05, 0.1) is 0 Å². The van der Waals surface area contributed by atoms with Crippen molar-refractivity contribution in [3.8, 4) is 0 Å². The second-order valence-corrected chi connectivity index (χ2v) is 5.78. The summed E-state index contributed by atoms with van der Waals surface area (Å²) in [6.07, 6.45) is 1.65. The van der Waals surface area contributed by atoms with Crippen LogP contribution in [0.2, 0.25) is 0 Å². The fraction of sp³-hybridized carbons (Fsp3) is 0.333. The van der Waals surface area contributed by atoms with Gasteiger partial charge in [0.25, 0.3) is 0 Å². The van der Waals surface area contributed by atoms with Gasteiger partial charge in [0.1, 0.15) is 5.82 Å². The molecule has 0 saturated carbocycles. The van der Waals surface area contributed by atoms with Gasteiger partial charge < -0.3 is 0 Å². The van der Waals surface area contributed by atoms with E-state index >= 15 is 0 Å². The quantitative estimate of drug-likeness (QED) is 0.653. The number of nitrogens with one attached hydrogen (secondary N) is 1. The Morgan fingerprint density at radius 1 is 1.00 bits per heavy atom. The van der Waals surface area contributed by atoms with Gasteiger partial charge in [-0.25, -0.2) is 4.39 Å². The van der Waals surface area contributed by atoms with Crippen LogP contribution in [-0.2, 0) is 12.8 Å². The summed E-state index contributed by atoms with van der Waals surface area (Å²) in [5.74, 6) is 5.50. The molecule has 0 radical (unpaired) electrons. The van der Waals surface area contributed by atoms with Gasteiger partial charge in [-0.1, -0.05) is 29.8 Å². The first kappa shape index (κ1) is 15.7. The summed E-state index contributed by atoms with van der Waals surface area (Å²) >= 11 is 0. The van der Waals surface area contributed by atoms with Crippen LogP contribution >= 0.6 is 0 Å². The van der Waals surface area contributed by atoms with Crippen molar-refractivity contribution in [2.24, 2.45) is 5.84 Å². The maximum Gasteiger partial charge on any atom is 0.123 e. The van der Waals surface area contributed by atoms with E-state index in [4.69, 9.17) is 5.84 Å². The first-order valence-corrected chi connectivity index (χ1v) is 7.27. The zero-order chi connectivity index (χ0) is 15.4. The fourth-order valence-corrected chi connectivity index (χ4v) is 2.87. The van der Waals surface area contributed by atoms with Gasteiger partial charge in [0.2, 0.25) is 0 Å². The molecular weight excluding hydrogens is 263 g/mol. The summed E-state index contributed by atoms with van der Waals surface area (Å²) in [5, 5.41) is 0. The van der Waals surface area contributed by atoms with Crippen LogP contribution in [0, 0.1) is 26.6 Å². The van der Waals surface area contributed by atoms with E-state index in [2.05, 4.69) is 38.3 Å². The van der Waals surface area contributed by atoms with Gasteiger partial charge in [-0.3, -0.25) is 11.3 Å². The third-order valence-electron chi connectivity index (χ3n) is 3.92. The van der Waals surface area contributed by atoms with Crippen molar-refractivity contribution >= 4 is 0 Å². The molecule has 21 heavy (non-hydrogen) atoms. The highest BCUT2D eigenvalue weighted by Gasteiger charge is 2.13. The second kappa shape index (κ2) is 6.83. The first-order valence-electron chi connectivity index (χ1n) is 7.27. The number of rotatable bonds is 5. The first-order chi connectivity index (χ1) is 9.99. The molecule has 2 aromatic rings. The lowest BCUT2D eigenvalue weighted by Crippen LogP contribution is -2.38. The monoisotopic (exact) mass is 286 g/mol. The van der Waals surface area contributed by atoms with E-state index in [0.29, 0.717) is 0 Å². The molecule has 2 rings (SSSR count). The number of hydrazine groups is 1. The van der Waals surface area contributed by atoms with Gasteiger partial charge in [0.15, 0.2) is 0 Å². The summed E-state index contributed by atoms with van der Waals surface area (Å²) < 4.78 is 13.0. The molecule has 112 valence electrons. The minimum absolute atomic E-state index is 0.135. The third-order valence-corrected chi connectivity index (χ3v) is 3.92. The topological polar surface area (TPSA) is 38.0 Å². The highest BCUT2D eigenvalue weighted by Crippen LogP contribution is 2.19. The van der Waals surface area contributed by atoms with Crippen LogP contribution in [0.3, 0.4) is 0 Å². The van der Waals surface area contributed by atoms with Crippen LogP contribution in [0.5, 0.6) is 0 Å². The zero-order valence-electron chi connectivity index (χ0n) is 12.9. The maximum atomic E-state index is 13.0. The Bertz CT molecular complexity index is 582. The van der Waals surface area contributed by atoms with Crippen molar-refractivity contribution in [3.05, 3.63) is 70.0 Å². The van der Waals surface area contributed by atoms with E-state index in [1.165, 1.54) is 34.4 Å². The fourth-order valence-electron chi connectivity index (χ4n) is 2.87. The minimum atomic E-state index is -0.207. The SMILES string of the molecule is Cc1cc(C)c(CC(Cc2ccc(F)cc2)NN)c(C)c1. The summed E-state index contributed by atoms with van der Waals surface area (Å²) in [7, 11) is 0. The summed E-state index contributed by atoms with van der Waals surface area (Å²) in [5.41, 5.74) is 9.19. The minimum Gasteiger partial charge on any atom is -0.271 e. The Morgan fingerprint density at radius 3 is 2.10 bits per heavy atom. The lowest BCUT2D eigenvalue weighted by Gasteiger charge is -2.19. The van der Waals surface area contributed by atoms with Crippen molar-refractivity contribution in [3.63, 3.8) is 0 Å². The molecule has 0 amide bonds. The van der Waals surface area contributed by atoms with Gasteiger partial charge in [0, 0.05) is 6.04 Å². The predicted molar refractivity (Wildman–Crippen MR) is 85.6 cm³/mol. The number of hydrogen-bond acceptors (Lipinski definition) is 2. The molecule has 3 N–H and O–H groups in total. The molecular formula is C18H23FN2. The van der Waals surface area contributed by atoms with Crippen molar-refractivity contribution in [2.45, 2.75) is 39.7 Å². The summed E-state index contributed by atoms with van der Waals surface area (Å²) in [6, 6.07) is 11.1. The highest BCUT2D eigenvalue weighted by atomic mass is 19.1. The molecule has 0 aliphatic rings. The lowest BCUT2D eigenvalue weighted by molar-refractivity contribution is 0.520. The Kier molecular flexibility index (Phi) is 5.10. The van der Waals surface area contributed by atoms with Crippen LogP contribution in [0.4, 0.5) is 4.39 Å². The molecule has 2 aromatic carbocycles. The molecule has 0 bridgehead atoms. The van der Waals surface area contributed by atoms with Crippen molar-refractivity contribution < 1.29 is 4.39 Å². The summed E-state index contributed by atoms with van der Waals surface area (Å²) in [4.78, 5) is 0. The number of halogens is 1. The number of hydrogen-bond donors (Lipinski definition) is 2. The average molecular weight is 286 g/mol. The van der Waals surface area contributed by atoms with Crippen molar-refractivity contribution in [1.29, 1.82) is 0 Å². The normalized spacial score (nSPS) is 12.4. The Balaban J connectivity index is 2.14. The molecule has 3 heteroatoms. The number of nitrogens with two attached hydrogens (primary N) is 1. The second-order valence-electron chi connectivity index (χ2n) is 5.78. The smallest absolute Gasteiger partial charge is 0.123 e. The molecule has 0 fully saturated rings. The molecule has 2 nitrogen and oxygen atoms in total. The van der Waals surface area contributed by atoms with Crippen LogP contribution in [0.25, 0.3) is 0 Å². The van der Waals surface area contributed by atoms with Crippen LogP contribution in [-0.4, -0.2) is 6.04 Å². The molecule has 0 aliphatic heterocycles. The highest BCUT2D eigenvalue weighted by molar-refractivity contribution is 5.38. The van der Waals surface area contributed by atoms with Gasteiger partial charge in [-0.15, -0.1) is 0 Å². The van der Waals surface area contributed by atoms with E-state index in [9.17, 15) is 4.39 Å². The lowest BCUT2D eigenvalue weighted by atomic mass is 9.92. The Labute approximate surface area is 126 Å². The van der Waals surface area contributed by atoms with E-state index in [1.807, 2.05) is 12.1 Å². The van der Waals surface area contributed by atoms with E-state index in [0.717, 1.165) is 18.4 Å². The number of benzene rings is 2. The molecule has 1 atom stereocenters. The third kappa shape index (κ3) is 4.13. The standard InChI is InChI=1S/C18H23FN2/c1-12-8-13(2)18(14(3)9-12)11-17(21-20)10-15-4-6-16(19)7-5-15/h4-9,17,21H,10-11,20H2,1-3H3. The molecule has 1 unspecified atom stereocenters. The predicted octanol–water partition coefficient (Wildman–Crippen LogP) is 3.37. The van der Waals surface area contributed by atoms with Gasteiger partial charge in [-0.05, 0) is 68.0 Å². The van der Waals surface area contributed by atoms with E-state index in [1.54, 1.807) is 0 Å². The van der Waals surface area contributed by atoms with Gasteiger partial charge in [-0.2, -0.15) is 0 Å². The largest absolute Gasteiger partial charge is 0.271 e. The van der Waals surface area contributed by atoms with Crippen molar-refractivity contribution in [1.82, 2.24) is 5.43 Å². The Morgan fingerprint density at radius 2 is 1.57 bits per heavy atom. The molecule has 0 spiro atoms. The molecule has 0 heterocycles. The summed E-state index contributed by atoms with van der Waals surface area (Å²) in [6.45, 7) is 6.39.